The second kappa shape index (κ2) is 9.68. The van der Waals surface area contributed by atoms with Crippen LogP contribution in [0.4, 0.5) is 0 Å². The maximum atomic E-state index is 6.79. The largest absolute Gasteiger partial charge is 0.458 e. The first-order valence-electron chi connectivity index (χ1n) is 15.4. The Morgan fingerprint density at radius 3 is 1.50 bits per heavy atom. The van der Waals surface area contributed by atoms with Gasteiger partial charge in [-0.1, -0.05) is 72.8 Å². The summed E-state index contributed by atoms with van der Waals surface area (Å²) in [5.41, 5.74) is 10.8. The van der Waals surface area contributed by atoms with Crippen molar-refractivity contribution in [3.8, 4) is 50.9 Å². The molecule has 5 nitrogen and oxygen atoms in total. The van der Waals surface area contributed by atoms with Gasteiger partial charge in [0.05, 0.1) is 16.7 Å². The maximum Gasteiger partial charge on any atom is 0.260 e. The van der Waals surface area contributed by atoms with Crippen LogP contribution in [-0.4, -0.2) is 21.2 Å². The van der Waals surface area contributed by atoms with Crippen LogP contribution in [0.15, 0.2) is 146 Å². The van der Waals surface area contributed by atoms with Crippen LogP contribution in [0.5, 0.6) is 23.0 Å². The van der Waals surface area contributed by atoms with Crippen molar-refractivity contribution in [2.24, 2.45) is 0 Å². The number of aromatic nitrogens is 3. The topological polar surface area (TPSA) is 49.2 Å². The van der Waals surface area contributed by atoms with Crippen molar-refractivity contribution in [1.82, 2.24) is 14.5 Å². The van der Waals surface area contributed by atoms with Gasteiger partial charge in [0, 0.05) is 53.2 Å². The van der Waals surface area contributed by atoms with E-state index in [1.165, 1.54) is 10.8 Å². The lowest BCUT2D eigenvalue weighted by molar-refractivity contribution is 0.464. The van der Waals surface area contributed by atoms with Gasteiger partial charge in [-0.15, -0.1) is 0 Å². The number of pyridine rings is 2. The molecule has 46 heavy (non-hydrogen) atoms. The minimum absolute atomic E-state index is 0.0852. The fraction of sp³-hybridized carbons (Fsp3) is 0. The second-order valence-electron chi connectivity index (χ2n) is 11.9. The second-order valence-corrected chi connectivity index (χ2v) is 11.9. The predicted molar refractivity (Wildman–Crippen MR) is 185 cm³/mol. The zero-order chi connectivity index (χ0) is 30.2. The molecule has 0 saturated carbocycles. The van der Waals surface area contributed by atoms with Crippen molar-refractivity contribution in [2.45, 2.75) is 0 Å². The summed E-state index contributed by atoms with van der Waals surface area (Å²) < 4.78 is 15.9. The van der Waals surface area contributed by atoms with E-state index in [1.54, 1.807) is 12.4 Å². The lowest BCUT2D eigenvalue weighted by Gasteiger charge is -2.34. The number of hydrogen-bond donors (Lipinski definition) is 0. The molecular formula is C40H24BN3O2. The maximum absolute atomic E-state index is 6.79. The van der Waals surface area contributed by atoms with E-state index >= 15 is 0 Å². The van der Waals surface area contributed by atoms with Crippen molar-refractivity contribution >= 4 is 44.9 Å². The van der Waals surface area contributed by atoms with Gasteiger partial charge in [-0.3, -0.25) is 9.97 Å². The summed E-state index contributed by atoms with van der Waals surface area (Å²) in [6.07, 6.45) is 7.41. The van der Waals surface area contributed by atoms with Crippen LogP contribution in [0.3, 0.4) is 0 Å². The Balaban J connectivity index is 1.22. The zero-order valence-electron chi connectivity index (χ0n) is 24.6. The predicted octanol–water partition coefficient (Wildman–Crippen LogP) is 7.64. The van der Waals surface area contributed by atoms with Crippen molar-refractivity contribution in [2.75, 3.05) is 0 Å². The molecule has 0 fully saturated rings. The van der Waals surface area contributed by atoms with Crippen LogP contribution in [0.25, 0.3) is 49.7 Å². The molecule has 0 saturated heterocycles. The molecule has 10 rings (SSSR count). The van der Waals surface area contributed by atoms with Gasteiger partial charge >= 0.3 is 0 Å². The molecular weight excluding hydrogens is 565 g/mol. The summed E-state index contributed by atoms with van der Waals surface area (Å²) in [4.78, 5) is 8.74. The van der Waals surface area contributed by atoms with Crippen molar-refractivity contribution in [3.05, 3.63) is 146 Å². The Morgan fingerprint density at radius 1 is 0.478 bits per heavy atom. The average molecular weight is 589 g/mol. The van der Waals surface area contributed by atoms with E-state index in [1.807, 2.05) is 24.5 Å². The molecule has 5 heterocycles. The van der Waals surface area contributed by atoms with E-state index in [4.69, 9.17) is 9.47 Å². The summed E-state index contributed by atoms with van der Waals surface area (Å²) in [7, 11) is 0. The molecule has 8 aromatic rings. The highest BCUT2D eigenvalue weighted by atomic mass is 16.5. The quantitative estimate of drug-likeness (QED) is 0.199. The number of benzene rings is 5. The summed E-state index contributed by atoms with van der Waals surface area (Å²) in [5, 5.41) is 2.43. The first-order chi connectivity index (χ1) is 22.8. The highest BCUT2D eigenvalue weighted by Gasteiger charge is 2.41. The molecule has 0 N–H and O–H groups in total. The monoisotopic (exact) mass is 589 g/mol. The number of hydrogen-bond acceptors (Lipinski definition) is 4. The Kier molecular flexibility index (Phi) is 5.31. The van der Waals surface area contributed by atoms with Crippen LogP contribution in [-0.2, 0) is 0 Å². The summed E-state index contributed by atoms with van der Waals surface area (Å²) in [6.45, 7) is -0.0852. The molecule has 0 bridgehead atoms. The Bertz CT molecular complexity index is 2320. The normalized spacial score (nSPS) is 12.7. The highest BCUT2D eigenvalue weighted by molar-refractivity contribution is 6.98. The number of fused-ring (bicyclic) bond motifs is 7. The third-order valence-electron chi connectivity index (χ3n) is 9.29. The van der Waals surface area contributed by atoms with Crippen LogP contribution >= 0.6 is 0 Å². The van der Waals surface area contributed by atoms with Gasteiger partial charge in [-0.2, -0.15) is 0 Å². The summed E-state index contributed by atoms with van der Waals surface area (Å²) in [5.74, 6) is 3.29. The first-order valence-corrected chi connectivity index (χ1v) is 15.4. The van der Waals surface area contributed by atoms with E-state index in [9.17, 15) is 0 Å². The molecule has 0 spiro atoms. The molecule has 214 valence electrons. The van der Waals surface area contributed by atoms with Crippen molar-refractivity contribution in [3.63, 3.8) is 0 Å². The third-order valence-corrected chi connectivity index (χ3v) is 9.29. The highest BCUT2D eigenvalue weighted by Crippen LogP contribution is 2.40. The van der Waals surface area contributed by atoms with Crippen LogP contribution in [0.2, 0.25) is 0 Å². The van der Waals surface area contributed by atoms with E-state index in [0.29, 0.717) is 0 Å². The number of para-hydroxylation sites is 2. The molecule has 2 aliphatic heterocycles. The minimum Gasteiger partial charge on any atom is -0.458 e. The van der Waals surface area contributed by atoms with Gasteiger partial charge in [0.15, 0.2) is 0 Å². The number of ether oxygens (including phenoxy) is 2. The molecule has 6 heteroatoms. The summed E-state index contributed by atoms with van der Waals surface area (Å²) in [6, 6.07) is 42.5. The van der Waals surface area contributed by atoms with E-state index in [2.05, 4.69) is 124 Å². The first kappa shape index (κ1) is 25.2. The van der Waals surface area contributed by atoms with Gasteiger partial charge in [0.25, 0.3) is 6.71 Å². The molecule has 3 aromatic heterocycles. The van der Waals surface area contributed by atoms with E-state index in [0.717, 1.165) is 78.4 Å². The molecule has 0 radical (unpaired) electrons. The minimum atomic E-state index is -0.0852. The SMILES string of the molecule is c1cncc(-c2ccc3c(c2)B2c4cc(-c5cccnc5)ccc4Oc4cc(-n5c6ccccc6c6ccccc65)cc(c42)O3)c1. The molecule has 0 amide bonds. The zero-order valence-corrected chi connectivity index (χ0v) is 24.6. The van der Waals surface area contributed by atoms with Crippen LogP contribution in [0.1, 0.15) is 0 Å². The molecule has 0 atom stereocenters. The Hall–Kier alpha value is -6.14. The van der Waals surface area contributed by atoms with Crippen LogP contribution in [0, 0.1) is 0 Å². The van der Waals surface area contributed by atoms with E-state index < -0.39 is 0 Å². The number of rotatable bonds is 3. The molecule has 0 aliphatic carbocycles. The standard InChI is InChI=1S/C40H24BN3O2/c1-3-11-34-30(9-1)31-10-2-4-12-35(31)44(34)29-21-38-40-39(22-29)46-37-16-14-26(28-8-6-18-43-24-28)20-33(37)41(40)32-19-25(13-15-36(32)45-38)27-7-5-17-42-23-27/h1-24H. The third kappa shape index (κ3) is 3.70. The fourth-order valence-electron chi connectivity index (χ4n) is 7.25. The van der Waals surface area contributed by atoms with Gasteiger partial charge in [0.1, 0.15) is 23.0 Å². The Morgan fingerprint density at radius 2 is 1.00 bits per heavy atom. The number of nitrogens with zero attached hydrogens (tertiary/aromatic N) is 3. The van der Waals surface area contributed by atoms with Gasteiger partial charge in [-0.25, -0.2) is 0 Å². The lowest BCUT2D eigenvalue weighted by atomic mass is 9.34. The smallest absolute Gasteiger partial charge is 0.260 e. The summed E-state index contributed by atoms with van der Waals surface area (Å²) >= 11 is 0. The van der Waals surface area contributed by atoms with Crippen LogP contribution < -0.4 is 25.9 Å². The average Bonchev–Trinajstić information content (AvgIpc) is 3.46. The molecule has 2 aliphatic rings. The van der Waals surface area contributed by atoms with Gasteiger partial charge in [-0.05, 0) is 69.6 Å². The molecule has 0 unspecified atom stereocenters. The fourth-order valence-corrected chi connectivity index (χ4v) is 7.25. The molecule has 5 aromatic carbocycles. The van der Waals surface area contributed by atoms with E-state index in [-0.39, 0.29) is 6.71 Å². The Labute approximate surface area is 265 Å². The van der Waals surface area contributed by atoms with Gasteiger partial charge < -0.3 is 14.0 Å². The van der Waals surface area contributed by atoms with Crippen molar-refractivity contribution in [1.29, 1.82) is 0 Å². The lowest BCUT2D eigenvalue weighted by Crippen LogP contribution is -2.57. The van der Waals surface area contributed by atoms with Crippen molar-refractivity contribution < 1.29 is 9.47 Å². The van der Waals surface area contributed by atoms with Gasteiger partial charge in [0.2, 0.25) is 0 Å².